The fourth-order valence-electron chi connectivity index (χ4n) is 3.90. The standard InChI is InChI=1S/C20H27N5O2/c1-14-3-5-17(6-4-14)27-15(2)20(26)24-10-7-16(8-11-24)19-23-22-18-13-21-9-12-25(18)19/h3-6,15-16,21H,7-13H2,1-2H3. The van der Waals surface area contributed by atoms with Gasteiger partial charge in [-0.3, -0.25) is 4.79 Å². The lowest BCUT2D eigenvalue weighted by Gasteiger charge is -2.33. The first-order chi connectivity index (χ1) is 13.1. The Balaban J connectivity index is 1.34. The summed E-state index contributed by atoms with van der Waals surface area (Å²) in [5.41, 5.74) is 1.18. The van der Waals surface area contributed by atoms with Crippen LogP contribution in [0, 0.1) is 6.92 Å². The van der Waals surface area contributed by atoms with E-state index in [1.165, 1.54) is 5.56 Å². The minimum absolute atomic E-state index is 0.0569. The number of hydrogen-bond acceptors (Lipinski definition) is 5. The summed E-state index contributed by atoms with van der Waals surface area (Å²) in [6.07, 6.45) is 1.37. The molecular weight excluding hydrogens is 342 g/mol. The third kappa shape index (κ3) is 3.83. The molecule has 2 aliphatic heterocycles. The van der Waals surface area contributed by atoms with Gasteiger partial charge in [0.15, 0.2) is 6.10 Å². The molecule has 7 nitrogen and oxygen atoms in total. The van der Waals surface area contributed by atoms with Crippen molar-refractivity contribution in [2.24, 2.45) is 0 Å². The first kappa shape index (κ1) is 18.0. The number of nitrogens with zero attached hydrogens (tertiary/aromatic N) is 4. The van der Waals surface area contributed by atoms with E-state index in [9.17, 15) is 4.79 Å². The van der Waals surface area contributed by atoms with Crippen molar-refractivity contribution in [3.63, 3.8) is 0 Å². The number of hydrogen-bond donors (Lipinski definition) is 1. The summed E-state index contributed by atoms with van der Waals surface area (Å²) in [7, 11) is 0. The molecule has 3 heterocycles. The summed E-state index contributed by atoms with van der Waals surface area (Å²) < 4.78 is 8.08. The Kier molecular flexibility index (Phi) is 5.11. The second-order valence-corrected chi connectivity index (χ2v) is 7.48. The summed E-state index contributed by atoms with van der Waals surface area (Å²) in [6, 6.07) is 7.81. The van der Waals surface area contributed by atoms with Crippen LogP contribution in [0.4, 0.5) is 0 Å². The minimum atomic E-state index is -0.476. The van der Waals surface area contributed by atoms with Gasteiger partial charge in [-0.15, -0.1) is 10.2 Å². The average molecular weight is 369 g/mol. The van der Waals surface area contributed by atoms with Gasteiger partial charge in [0.05, 0.1) is 6.54 Å². The number of fused-ring (bicyclic) bond motifs is 1. The van der Waals surface area contributed by atoms with Crippen molar-refractivity contribution in [3.8, 4) is 5.75 Å². The molecule has 0 radical (unpaired) electrons. The van der Waals surface area contributed by atoms with E-state index in [0.717, 1.165) is 63.0 Å². The van der Waals surface area contributed by atoms with Crippen molar-refractivity contribution in [2.75, 3.05) is 19.6 Å². The Hall–Kier alpha value is -2.41. The Morgan fingerprint density at radius 1 is 1.19 bits per heavy atom. The van der Waals surface area contributed by atoms with E-state index in [1.807, 2.05) is 43.0 Å². The molecule has 0 bridgehead atoms. The largest absolute Gasteiger partial charge is 0.481 e. The van der Waals surface area contributed by atoms with Gasteiger partial charge in [-0.05, 0) is 38.8 Å². The summed E-state index contributed by atoms with van der Waals surface area (Å²) in [5, 5.41) is 12.1. The van der Waals surface area contributed by atoms with Crippen molar-refractivity contribution in [3.05, 3.63) is 41.5 Å². The zero-order chi connectivity index (χ0) is 18.8. The minimum Gasteiger partial charge on any atom is -0.481 e. The van der Waals surface area contributed by atoms with E-state index in [1.54, 1.807) is 0 Å². The number of aromatic nitrogens is 3. The first-order valence-electron chi connectivity index (χ1n) is 9.76. The predicted molar refractivity (Wildman–Crippen MR) is 102 cm³/mol. The number of likely N-dealkylation sites (tertiary alicyclic amines) is 1. The molecule has 7 heteroatoms. The van der Waals surface area contributed by atoms with Gasteiger partial charge in [0.2, 0.25) is 0 Å². The molecule has 0 spiro atoms. The van der Waals surface area contributed by atoms with Crippen LogP contribution < -0.4 is 10.1 Å². The van der Waals surface area contributed by atoms with Gasteiger partial charge in [-0.25, -0.2) is 0 Å². The average Bonchev–Trinajstić information content (AvgIpc) is 3.13. The van der Waals surface area contributed by atoms with Crippen molar-refractivity contribution >= 4 is 5.91 Å². The topological polar surface area (TPSA) is 72.3 Å². The second-order valence-electron chi connectivity index (χ2n) is 7.48. The van der Waals surface area contributed by atoms with Crippen LogP contribution in [-0.4, -0.2) is 51.3 Å². The van der Waals surface area contributed by atoms with Gasteiger partial charge in [-0.1, -0.05) is 17.7 Å². The van der Waals surface area contributed by atoms with Crippen molar-refractivity contribution in [2.45, 2.75) is 51.8 Å². The second kappa shape index (κ2) is 7.68. The molecule has 0 saturated carbocycles. The van der Waals surface area contributed by atoms with Crippen LogP contribution in [0.3, 0.4) is 0 Å². The number of piperidine rings is 1. The third-order valence-electron chi connectivity index (χ3n) is 5.50. The number of nitrogens with one attached hydrogen (secondary N) is 1. The normalized spacial score (nSPS) is 18.8. The van der Waals surface area contributed by atoms with E-state index >= 15 is 0 Å². The molecule has 1 amide bonds. The molecular formula is C20H27N5O2. The number of benzene rings is 1. The van der Waals surface area contributed by atoms with Gasteiger partial charge in [0.1, 0.15) is 17.4 Å². The quantitative estimate of drug-likeness (QED) is 0.891. The number of amides is 1. The fourth-order valence-corrected chi connectivity index (χ4v) is 3.90. The molecule has 0 aliphatic carbocycles. The molecule has 1 N–H and O–H groups in total. The molecule has 1 aromatic carbocycles. The van der Waals surface area contributed by atoms with E-state index in [2.05, 4.69) is 20.1 Å². The highest BCUT2D eigenvalue weighted by molar-refractivity contribution is 5.81. The van der Waals surface area contributed by atoms with E-state index < -0.39 is 6.10 Å². The Morgan fingerprint density at radius 3 is 2.67 bits per heavy atom. The lowest BCUT2D eigenvalue weighted by atomic mass is 9.95. The van der Waals surface area contributed by atoms with Crippen molar-refractivity contribution < 1.29 is 9.53 Å². The molecule has 1 atom stereocenters. The Labute approximate surface area is 159 Å². The molecule has 1 saturated heterocycles. The highest BCUT2D eigenvalue weighted by Crippen LogP contribution is 2.28. The zero-order valence-corrected chi connectivity index (χ0v) is 16.0. The van der Waals surface area contributed by atoms with Gasteiger partial charge in [0.25, 0.3) is 5.91 Å². The van der Waals surface area contributed by atoms with Crippen molar-refractivity contribution in [1.82, 2.24) is 25.0 Å². The summed E-state index contributed by atoms with van der Waals surface area (Å²) in [5.74, 6) is 3.28. The van der Waals surface area contributed by atoms with E-state index in [-0.39, 0.29) is 5.91 Å². The maximum atomic E-state index is 12.8. The predicted octanol–water partition coefficient (Wildman–Crippen LogP) is 1.86. The van der Waals surface area contributed by atoms with Crippen LogP contribution in [0.2, 0.25) is 0 Å². The summed E-state index contributed by atoms with van der Waals surface area (Å²) >= 11 is 0. The molecule has 27 heavy (non-hydrogen) atoms. The number of carbonyl (C=O) groups excluding carboxylic acids is 1. The van der Waals surface area contributed by atoms with Gasteiger partial charge < -0.3 is 19.5 Å². The maximum Gasteiger partial charge on any atom is 0.263 e. The third-order valence-corrected chi connectivity index (χ3v) is 5.50. The lowest BCUT2D eigenvalue weighted by Crippen LogP contribution is -2.44. The Morgan fingerprint density at radius 2 is 1.93 bits per heavy atom. The first-order valence-corrected chi connectivity index (χ1v) is 9.76. The summed E-state index contributed by atoms with van der Waals surface area (Å²) in [6.45, 7) is 8.03. The molecule has 2 aromatic rings. The highest BCUT2D eigenvalue weighted by atomic mass is 16.5. The zero-order valence-electron chi connectivity index (χ0n) is 16.0. The fraction of sp³-hybridized carbons (Fsp3) is 0.550. The number of rotatable bonds is 4. The SMILES string of the molecule is Cc1ccc(OC(C)C(=O)N2CCC(c3nnc4n3CCNC4)CC2)cc1. The lowest BCUT2D eigenvalue weighted by molar-refractivity contribution is -0.139. The van der Waals surface area contributed by atoms with Gasteiger partial charge >= 0.3 is 0 Å². The van der Waals surface area contributed by atoms with Crippen LogP contribution in [0.15, 0.2) is 24.3 Å². The van der Waals surface area contributed by atoms with Crippen molar-refractivity contribution in [1.29, 1.82) is 0 Å². The molecule has 4 rings (SSSR count). The summed E-state index contributed by atoms with van der Waals surface area (Å²) in [4.78, 5) is 14.7. The van der Waals surface area contributed by atoms with Crippen LogP contribution in [-0.2, 0) is 17.9 Å². The highest BCUT2D eigenvalue weighted by Gasteiger charge is 2.30. The molecule has 1 aromatic heterocycles. The van der Waals surface area contributed by atoms with Gasteiger partial charge in [0, 0.05) is 32.1 Å². The van der Waals surface area contributed by atoms with Crippen LogP contribution in [0.5, 0.6) is 5.75 Å². The smallest absolute Gasteiger partial charge is 0.263 e. The molecule has 1 unspecified atom stereocenters. The Bertz CT molecular complexity index is 793. The maximum absolute atomic E-state index is 12.8. The number of carbonyl (C=O) groups is 1. The van der Waals surface area contributed by atoms with Gasteiger partial charge in [-0.2, -0.15) is 0 Å². The molecule has 1 fully saturated rings. The number of aryl methyl sites for hydroxylation is 1. The molecule has 144 valence electrons. The van der Waals surface area contributed by atoms with Crippen LogP contribution in [0.1, 0.15) is 42.9 Å². The van der Waals surface area contributed by atoms with Crippen LogP contribution >= 0.6 is 0 Å². The monoisotopic (exact) mass is 369 g/mol. The number of ether oxygens (including phenoxy) is 1. The van der Waals surface area contributed by atoms with Crippen LogP contribution in [0.25, 0.3) is 0 Å². The van der Waals surface area contributed by atoms with E-state index in [0.29, 0.717) is 5.92 Å². The molecule has 2 aliphatic rings. The van der Waals surface area contributed by atoms with E-state index in [4.69, 9.17) is 4.74 Å².